The first-order valence-corrected chi connectivity index (χ1v) is 9.33. The molecular formula is C17H18BrFN6O3. The average molecular weight is 453 g/mol. The summed E-state index contributed by atoms with van der Waals surface area (Å²) >= 11 is 3.07. The monoisotopic (exact) mass is 452 g/mol. The highest BCUT2D eigenvalue weighted by Gasteiger charge is 2.28. The number of likely N-dealkylation sites (tertiary alicyclic amines) is 1. The molecule has 148 valence electrons. The first kappa shape index (κ1) is 19.9. The number of amides is 2. The summed E-state index contributed by atoms with van der Waals surface area (Å²) in [5, 5.41) is 9.99. The Balaban J connectivity index is 1.74. The third kappa shape index (κ3) is 4.53. The Hall–Kier alpha value is -2.82. The lowest BCUT2D eigenvalue weighted by Crippen LogP contribution is -2.43. The number of halogens is 2. The maximum absolute atomic E-state index is 13.3. The molecule has 9 nitrogen and oxygen atoms in total. The van der Waals surface area contributed by atoms with E-state index in [4.69, 9.17) is 5.73 Å². The molecule has 0 aliphatic carbocycles. The van der Waals surface area contributed by atoms with Gasteiger partial charge in [0.15, 0.2) is 11.5 Å². The summed E-state index contributed by atoms with van der Waals surface area (Å²) in [6.07, 6.45) is 1.40. The largest absolute Gasteiger partial charge is 0.382 e. The lowest BCUT2D eigenvalue weighted by molar-refractivity contribution is -0.132. The molecule has 0 saturated carbocycles. The molecule has 1 unspecified atom stereocenters. The number of carbonyl (C=O) groups excluding carboxylic acids is 2. The van der Waals surface area contributed by atoms with E-state index >= 15 is 0 Å². The van der Waals surface area contributed by atoms with Crippen LogP contribution in [0.1, 0.15) is 25.5 Å². The van der Waals surface area contributed by atoms with E-state index in [-0.39, 0.29) is 39.6 Å². The molecule has 1 aromatic heterocycles. The molecule has 3 N–H and O–H groups in total. The molecule has 1 aliphatic heterocycles. The fraction of sp³-hybridized carbons (Fsp3) is 0.353. The van der Waals surface area contributed by atoms with E-state index in [1.807, 2.05) is 0 Å². The molecule has 0 radical (unpaired) electrons. The molecule has 2 aromatic rings. The fourth-order valence-electron chi connectivity index (χ4n) is 2.88. The van der Waals surface area contributed by atoms with Crippen molar-refractivity contribution in [3.05, 3.63) is 34.2 Å². The van der Waals surface area contributed by atoms with Crippen molar-refractivity contribution >= 4 is 45.1 Å². The minimum Gasteiger partial charge on any atom is -0.382 e. The Morgan fingerprint density at radius 2 is 2.21 bits per heavy atom. The molecule has 11 heteroatoms. The van der Waals surface area contributed by atoms with Crippen LogP contribution in [0.5, 0.6) is 0 Å². The van der Waals surface area contributed by atoms with E-state index in [0.717, 1.165) is 6.42 Å². The van der Waals surface area contributed by atoms with Crippen molar-refractivity contribution in [1.82, 2.24) is 15.2 Å². The third-order valence-corrected chi connectivity index (χ3v) is 4.97. The van der Waals surface area contributed by atoms with Gasteiger partial charge in [-0.1, -0.05) is 0 Å². The Morgan fingerprint density at radius 1 is 1.43 bits per heavy atom. The maximum atomic E-state index is 13.3. The standard InChI is InChI=1S/C17H18BrFN6O3/c1-9(26)25-6-2-3-10(8-25)17(27)22-16-14(23-28-24-16)15(20)21-11-4-5-13(19)12(18)7-11/h4-5,7,10H,2-3,6,8H2,1H3,(H2,20,21)(H,22,24,27). The number of nitrogens with zero attached hydrogens (tertiary/aromatic N) is 4. The van der Waals surface area contributed by atoms with Gasteiger partial charge in [0.2, 0.25) is 17.6 Å². The Kier molecular flexibility index (Phi) is 6.02. The predicted molar refractivity (Wildman–Crippen MR) is 102 cm³/mol. The second-order valence-corrected chi connectivity index (χ2v) is 7.20. The van der Waals surface area contributed by atoms with Crippen molar-refractivity contribution in [2.75, 3.05) is 18.4 Å². The van der Waals surface area contributed by atoms with Crippen LogP contribution >= 0.6 is 15.9 Å². The van der Waals surface area contributed by atoms with Crippen LogP contribution in [-0.4, -0.2) is 46.0 Å². The summed E-state index contributed by atoms with van der Waals surface area (Å²) in [7, 11) is 0. The zero-order valence-corrected chi connectivity index (χ0v) is 16.6. The minimum absolute atomic E-state index is 0.0346. The summed E-state index contributed by atoms with van der Waals surface area (Å²) in [6.45, 7) is 2.46. The van der Waals surface area contributed by atoms with Crippen LogP contribution in [0.4, 0.5) is 15.9 Å². The first-order chi connectivity index (χ1) is 13.3. The molecular weight excluding hydrogens is 435 g/mol. The summed E-state index contributed by atoms with van der Waals surface area (Å²) in [5.41, 5.74) is 6.40. The highest BCUT2D eigenvalue weighted by atomic mass is 79.9. The Morgan fingerprint density at radius 3 is 2.93 bits per heavy atom. The molecule has 1 aliphatic rings. The van der Waals surface area contributed by atoms with Crippen molar-refractivity contribution in [2.24, 2.45) is 16.6 Å². The van der Waals surface area contributed by atoms with Crippen molar-refractivity contribution in [2.45, 2.75) is 19.8 Å². The predicted octanol–water partition coefficient (Wildman–Crippen LogP) is 2.21. The van der Waals surface area contributed by atoms with Crippen LogP contribution in [0.15, 0.2) is 32.3 Å². The molecule has 0 bridgehead atoms. The van der Waals surface area contributed by atoms with Crippen LogP contribution < -0.4 is 11.1 Å². The first-order valence-electron chi connectivity index (χ1n) is 8.53. The zero-order valence-electron chi connectivity index (χ0n) is 15.0. The molecule has 1 fully saturated rings. The molecule has 1 saturated heterocycles. The van der Waals surface area contributed by atoms with Crippen LogP contribution in [0.3, 0.4) is 0 Å². The average Bonchev–Trinajstić information content (AvgIpc) is 3.13. The lowest BCUT2D eigenvalue weighted by atomic mass is 9.97. The minimum atomic E-state index is -0.430. The molecule has 1 aromatic carbocycles. The number of anilines is 1. The molecule has 3 rings (SSSR count). The number of nitrogens with one attached hydrogen (secondary N) is 1. The van der Waals surface area contributed by atoms with Gasteiger partial charge in [-0.2, -0.15) is 0 Å². The topological polar surface area (TPSA) is 127 Å². The number of amidine groups is 1. The highest BCUT2D eigenvalue weighted by molar-refractivity contribution is 9.10. The number of benzene rings is 1. The van der Waals surface area contributed by atoms with Gasteiger partial charge >= 0.3 is 0 Å². The smallest absolute Gasteiger partial charge is 0.230 e. The van der Waals surface area contributed by atoms with E-state index in [9.17, 15) is 14.0 Å². The zero-order chi connectivity index (χ0) is 20.3. The third-order valence-electron chi connectivity index (χ3n) is 4.36. The Labute approximate surface area is 168 Å². The SMILES string of the molecule is CC(=O)N1CCCC(C(=O)Nc2nonc2C(N)=Nc2ccc(F)c(Br)c2)C1. The number of aliphatic imine (C=N–C) groups is 1. The number of nitrogens with two attached hydrogens (primary N) is 1. The van der Waals surface area contributed by atoms with Crippen molar-refractivity contribution in [1.29, 1.82) is 0 Å². The normalized spacial score (nSPS) is 17.5. The highest BCUT2D eigenvalue weighted by Crippen LogP contribution is 2.23. The van der Waals surface area contributed by atoms with Crippen LogP contribution in [-0.2, 0) is 9.59 Å². The molecule has 28 heavy (non-hydrogen) atoms. The summed E-state index contributed by atoms with van der Waals surface area (Å²) in [6, 6.07) is 4.13. The van der Waals surface area contributed by atoms with E-state index in [1.165, 1.54) is 25.1 Å². The van der Waals surface area contributed by atoms with Gasteiger partial charge in [-0.15, -0.1) is 0 Å². The van der Waals surface area contributed by atoms with Crippen molar-refractivity contribution in [3.63, 3.8) is 0 Å². The lowest BCUT2D eigenvalue weighted by Gasteiger charge is -2.31. The van der Waals surface area contributed by atoms with E-state index < -0.39 is 5.82 Å². The van der Waals surface area contributed by atoms with E-state index in [1.54, 1.807) is 4.90 Å². The molecule has 2 amide bonds. The number of aromatic nitrogens is 2. The van der Waals surface area contributed by atoms with Gasteiger partial charge < -0.3 is 16.0 Å². The van der Waals surface area contributed by atoms with Gasteiger partial charge in [-0.3, -0.25) is 9.59 Å². The summed E-state index contributed by atoms with van der Waals surface area (Å²) < 4.78 is 18.3. The number of hydrogen-bond acceptors (Lipinski definition) is 6. The van der Waals surface area contributed by atoms with Gasteiger partial charge in [0, 0.05) is 20.0 Å². The number of hydrogen-bond donors (Lipinski definition) is 2. The number of carbonyl (C=O) groups is 2. The summed E-state index contributed by atoms with van der Waals surface area (Å²) in [5.74, 6) is -1.19. The van der Waals surface area contributed by atoms with Crippen LogP contribution in [0.25, 0.3) is 0 Å². The number of rotatable bonds is 4. The van der Waals surface area contributed by atoms with Gasteiger partial charge in [0.25, 0.3) is 0 Å². The van der Waals surface area contributed by atoms with Gasteiger partial charge in [-0.05, 0) is 57.3 Å². The van der Waals surface area contributed by atoms with Gasteiger partial charge in [-0.25, -0.2) is 14.0 Å². The summed E-state index contributed by atoms with van der Waals surface area (Å²) in [4.78, 5) is 29.9. The second-order valence-electron chi connectivity index (χ2n) is 6.35. The van der Waals surface area contributed by atoms with Crippen LogP contribution in [0, 0.1) is 11.7 Å². The molecule has 0 spiro atoms. The Bertz CT molecular complexity index is 931. The number of piperidine rings is 1. The van der Waals surface area contributed by atoms with Crippen molar-refractivity contribution < 1.29 is 18.6 Å². The van der Waals surface area contributed by atoms with E-state index in [2.05, 4.69) is 41.2 Å². The fourth-order valence-corrected chi connectivity index (χ4v) is 3.25. The van der Waals surface area contributed by atoms with E-state index in [0.29, 0.717) is 25.2 Å². The second kappa shape index (κ2) is 8.46. The molecule has 2 heterocycles. The van der Waals surface area contributed by atoms with Gasteiger partial charge in [0.1, 0.15) is 5.82 Å². The quantitative estimate of drug-likeness (QED) is 0.540. The molecule has 1 atom stereocenters. The van der Waals surface area contributed by atoms with Gasteiger partial charge in [0.05, 0.1) is 16.1 Å². The van der Waals surface area contributed by atoms with Crippen LogP contribution in [0.2, 0.25) is 0 Å². The maximum Gasteiger partial charge on any atom is 0.230 e. The van der Waals surface area contributed by atoms with Crippen molar-refractivity contribution in [3.8, 4) is 0 Å².